The summed E-state index contributed by atoms with van der Waals surface area (Å²) < 4.78 is 1.12. The van der Waals surface area contributed by atoms with Gasteiger partial charge in [0, 0.05) is 33.6 Å². The molecule has 2 nitrogen and oxygen atoms in total. The standard InChI is InChI=1S/C9H13BrN2S/c1-7(11-2)6-13-9-5-12-4-3-8(9)10/h3-5,7,11H,6H2,1-2H3. The Morgan fingerprint density at radius 3 is 3.08 bits per heavy atom. The summed E-state index contributed by atoms with van der Waals surface area (Å²) >= 11 is 5.29. The van der Waals surface area contributed by atoms with E-state index in [-0.39, 0.29) is 0 Å². The highest BCUT2D eigenvalue weighted by Crippen LogP contribution is 2.26. The van der Waals surface area contributed by atoms with Gasteiger partial charge in [-0.25, -0.2) is 0 Å². The predicted molar refractivity (Wildman–Crippen MR) is 61.2 cm³/mol. The topological polar surface area (TPSA) is 24.9 Å². The molecule has 0 aromatic carbocycles. The number of nitrogens with one attached hydrogen (secondary N) is 1. The molecule has 0 spiro atoms. The third kappa shape index (κ3) is 3.67. The number of aromatic nitrogens is 1. The van der Waals surface area contributed by atoms with Crippen LogP contribution in [-0.2, 0) is 0 Å². The molecule has 0 aliphatic rings. The van der Waals surface area contributed by atoms with Gasteiger partial charge >= 0.3 is 0 Å². The molecule has 1 aromatic rings. The van der Waals surface area contributed by atoms with Crippen molar-refractivity contribution in [3.63, 3.8) is 0 Å². The van der Waals surface area contributed by atoms with E-state index in [4.69, 9.17) is 0 Å². The summed E-state index contributed by atoms with van der Waals surface area (Å²) in [5.41, 5.74) is 0. The van der Waals surface area contributed by atoms with Gasteiger partial charge in [0.05, 0.1) is 0 Å². The van der Waals surface area contributed by atoms with Gasteiger partial charge in [0.25, 0.3) is 0 Å². The summed E-state index contributed by atoms with van der Waals surface area (Å²) in [5.74, 6) is 1.06. The third-order valence-electron chi connectivity index (χ3n) is 1.72. The molecule has 0 saturated heterocycles. The van der Waals surface area contributed by atoms with E-state index in [1.165, 1.54) is 4.90 Å². The average Bonchev–Trinajstić information content (AvgIpc) is 2.16. The van der Waals surface area contributed by atoms with Gasteiger partial charge in [0.1, 0.15) is 0 Å². The minimum atomic E-state index is 0.525. The summed E-state index contributed by atoms with van der Waals surface area (Å²) in [6.45, 7) is 2.16. The van der Waals surface area contributed by atoms with Crippen LogP contribution < -0.4 is 5.32 Å². The van der Waals surface area contributed by atoms with Crippen molar-refractivity contribution in [2.75, 3.05) is 12.8 Å². The van der Waals surface area contributed by atoms with E-state index >= 15 is 0 Å². The maximum atomic E-state index is 4.08. The Balaban J connectivity index is 2.50. The predicted octanol–water partition coefficient (Wildman–Crippen LogP) is 2.54. The van der Waals surface area contributed by atoms with E-state index in [1.54, 1.807) is 6.20 Å². The van der Waals surface area contributed by atoms with E-state index in [1.807, 2.05) is 31.1 Å². The number of hydrogen-bond donors (Lipinski definition) is 1. The van der Waals surface area contributed by atoms with E-state index in [0.717, 1.165) is 10.2 Å². The first kappa shape index (κ1) is 11.0. The molecule has 0 amide bonds. The number of hydrogen-bond acceptors (Lipinski definition) is 3. The Morgan fingerprint density at radius 1 is 1.69 bits per heavy atom. The Kier molecular flexibility index (Phi) is 4.77. The summed E-state index contributed by atoms with van der Waals surface area (Å²) in [7, 11) is 1.98. The molecule has 0 saturated carbocycles. The molecular formula is C9H13BrN2S. The molecule has 0 fully saturated rings. The summed E-state index contributed by atoms with van der Waals surface area (Å²) in [4.78, 5) is 5.28. The molecule has 0 aliphatic carbocycles. The van der Waals surface area contributed by atoms with Crippen LogP contribution >= 0.6 is 27.7 Å². The Labute approximate surface area is 91.7 Å². The van der Waals surface area contributed by atoms with Crippen LogP contribution in [0.3, 0.4) is 0 Å². The second-order valence-corrected chi connectivity index (χ2v) is 4.72. The molecule has 4 heteroatoms. The van der Waals surface area contributed by atoms with Crippen LogP contribution in [0.4, 0.5) is 0 Å². The molecule has 72 valence electrons. The molecule has 1 N–H and O–H groups in total. The van der Waals surface area contributed by atoms with Gasteiger partial charge in [-0.15, -0.1) is 11.8 Å². The second-order valence-electron chi connectivity index (χ2n) is 2.81. The molecule has 1 unspecified atom stereocenters. The molecule has 1 heterocycles. The van der Waals surface area contributed by atoms with Gasteiger partial charge < -0.3 is 5.32 Å². The first-order valence-corrected chi connectivity index (χ1v) is 5.91. The van der Waals surface area contributed by atoms with Crippen LogP contribution in [0.5, 0.6) is 0 Å². The van der Waals surface area contributed by atoms with Crippen LogP contribution in [0.25, 0.3) is 0 Å². The minimum absolute atomic E-state index is 0.525. The lowest BCUT2D eigenvalue weighted by Crippen LogP contribution is -2.23. The quantitative estimate of drug-likeness (QED) is 0.843. The minimum Gasteiger partial charge on any atom is -0.316 e. The molecule has 0 bridgehead atoms. The number of thioether (sulfide) groups is 1. The van der Waals surface area contributed by atoms with Gasteiger partial charge in [0.15, 0.2) is 0 Å². The van der Waals surface area contributed by atoms with Crippen LogP contribution in [0.15, 0.2) is 27.8 Å². The van der Waals surface area contributed by atoms with E-state index < -0.39 is 0 Å². The zero-order chi connectivity index (χ0) is 9.68. The molecule has 0 aliphatic heterocycles. The lowest BCUT2D eigenvalue weighted by molar-refractivity contribution is 0.677. The van der Waals surface area contributed by atoms with E-state index in [2.05, 4.69) is 33.2 Å². The second kappa shape index (κ2) is 5.62. The SMILES string of the molecule is CNC(C)CSc1cnccc1Br. The van der Waals surface area contributed by atoms with Gasteiger partial charge in [-0.05, 0) is 36.0 Å². The monoisotopic (exact) mass is 260 g/mol. The highest BCUT2D eigenvalue weighted by atomic mass is 79.9. The highest BCUT2D eigenvalue weighted by molar-refractivity contribution is 9.10. The van der Waals surface area contributed by atoms with Crippen molar-refractivity contribution in [1.82, 2.24) is 10.3 Å². The van der Waals surface area contributed by atoms with Crippen molar-refractivity contribution < 1.29 is 0 Å². The molecule has 1 rings (SSSR count). The van der Waals surface area contributed by atoms with Gasteiger partial charge in [0.2, 0.25) is 0 Å². The smallest absolute Gasteiger partial charge is 0.0415 e. The maximum absolute atomic E-state index is 4.08. The third-order valence-corrected chi connectivity index (χ3v) is 3.97. The summed E-state index contributed by atoms with van der Waals surface area (Å²) in [5, 5.41) is 3.20. The fraction of sp³-hybridized carbons (Fsp3) is 0.444. The largest absolute Gasteiger partial charge is 0.316 e. The number of halogens is 1. The Bertz CT molecular complexity index is 268. The van der Waals surface area contributed by atoms with Crippen LogP contribution in [-0.4, -0.2) is 23.8 Å². The lowest BCUT2D eigenvalue weighted by atomic mass is 10.4. The van der Waals surface area contributed by atoms with Crippen molar-refractivity contribution >= 4 is 27.7 Å². The van der Waals surface area contributed by atoms with Crippen molar-refractivity contribution in [3.05, 3.63) is 22.9 Å². The zero-order valence-corrected chi connectivity index (χ0v) is 10.2. The average molecular weight is 261 g/mol. The van der Waals surface area contributed by atoms with Gasteiger partial charge in [-0.3, -0.25) is 4.98 Å². The summed E-state index contributed by atoms with van der Waals surface area (Å²) in [6, 6.07) is 2.49. The number of rotatable bonds is 4. The summed E-state index contributed by atoms with van der Waals surface area (Å²) in [6.07, 6.45) is 3.67. The molecule has 1 atom stereocenters. The lowest BCUT2D eigenvalue weighted by Gasteiger charge is -2.09. The van der Waals surface area contributed by atoms with Crippen LogP contribution in [0.2, 0.25) is 0 Å². The maximum Gasteiger partial charge on any atom is 0.0415 e. The van der Waals surface area contributed by atoms with Crippen LogP contribution in [0, 0.1) is 0 Å². The van der Waals surface area contributed by atoms with Crippen molar-refractivity contribution in [1.29, 1.82) is 0 Å². The zero-order valence-electron chi connectivity index (χ0n) is 7.75. The van der Waals surface area contributed by atoms with Crippen molar-refractivity contribution in [3.8, 4) is 0 Å². The van der Waals surface area contributed by atoms with Crippen molar-refractivity contribution in [2.24, 2.45) is 0 Å². The molecule has 0 radical (unpaired) electrons. The fourth-order valence-corrected chi connectivity index (χ4v) is 2.27. The number of pyridine rings is 1. The van der Waals surface area contributed by atoms with Crippen LogP contribution in [0.1, 0.15) is 6.92 Å². The van der Waals surface area contributed by atoms with Crippen molar-refractivity contribution in [2.45, 2.75) is 17.9 Å². The normalized spacial score (nSPS) is 12.8. The fourth-order valence-electron chi connectivity index (χ4n) is 0.767. The highest BCUT2D eigenvalue weighted by Gasteiger charge is 2.02. The Morgan fingerprint density at radius 2 is 2.46 bits per heavy atom. The van der Waals surface area contributed by atoms with Gasteiger partial charge in [-0.2, -0.15) is 0 Å². The number of nitrogens with zero attached hydrogens (tertiary/aromatic N) is 1. The van der Waals surface area contributed by atoms with E-state index in [0.29, 0.717) is 6.04 Å². The van der Waals surface area contributed by atoms with Gasteiger partial charge in [-0.1, -0.05) is 0 Å². The molecule has 1 aromatic heterocycles. The van der Waals surface area contributed by atoms with E-state index in [9.17, 15) is 0 Å². The molecular weight excluding hydrogens is 248 g/mol. The molecule has 13 heavy (non-hydrogen) atoms. The Hall–Kier alpha value is -0.0600. The first-order valence-electron chi connectivity index (χ1n) is 4.13. The first-order chi connectivity index (χ1) is 6.24.